The SMILES string of the molecule is CC=CCCC(C)c1ccccc1. The zero-order valence-corrected chi connectivity index (χ0v) is 8.53. The average molecular weight is 174 g/mol. The fourth-order valence-corrected chi connectivity index (χ4v) is 1.46. The van der Waals surface area contributed by atoms with E-state index in [1.54, 1.807) is 0 Å². The van der Waals surface area contributed by atoms with E-state index in [-0.39, 0.29) is 0 Å². The third-order valence-corrected chi connectivity index (χ3v) is 2.37. The highest BCUT2D eigenvalue weighted by Gasteiger charge is 2.02. The van der Waals surface area contributed by atoms with E-state index < -0.39 is 0 Å². The molecule has 0 fully saturated rings. The molecule has 0 amide bonds. The van der Waals surface area contributed by atoms with Gasteiger partial charge in [0, 0.05) is 0 Å². The van der Waals surface area contributed by atoms with Crippen LogP contribution in [0.3, 0.4) is 0 Å². The Kier molecular flexibility index (Phi) is 4.31. The molecule has 0 heterocycles. The predicted molar refractivity (Wildman–Crippen MR) is 58.9 cm³/mol. The lowest BCUT2D eigenvalue weighted by Gasteiger charge is -2.09. The van der Waals surface area contributed by atoms with Gasteiger partial charge in [0.25, 0.3) is 0 Å². The first-order valence-electron chi connectivity index (χ1n) is 5.00. The molecule has 0 heteroatoms. The quantitative estimate of drug-likeness (QED) is 0.602. The number of hydrogen-bond acceptors (Lipinski definition) is 0. The van der Waals surface area contributed by atoms with Gasteiger partial charge in [-0.1, -0.05) is 49.4 Å². The number of rotatable bonds is 4. The maximum absolute atomic E-state index is 2.29. The molecule has 0 aliphatic rings. The average Bonchev–Trinajstić information content (AvgIpc) is 2.19. The fourth-order valence-electron chi connectivity index (χ4n) is 1.46. The van der Waals surface area contributed by atoms with Crippen LogP contribution in [0.4, 0.5) is 0 Å². The van der Waals surface area contributed by atoms with Crippen LogP contribution in [0, 0.1) is 0 Å². The summed E-state index contributed by atoms with van der Waals surface area (Å²) >= 11 is 0. The van der Waals surface area contributed by atoms with E-state index in [0.717, 1.165) is 0 Å². The zero-order valence-electron chi connectivity index (χ0n) is 8.53. The summed E-state index contributed by atoms with van der Waals surface area (Å²) in [6, 6.07) is 10.7. The molecule has 1 aromatic carbocycles. The third kappa shape index (κ3) is 3.45. The maximum atomic E-state index is 2.29. The molecule has 70 valence electrons. The van der Waals surface area contributed by atoms with Gasteiger partial charge < -0.3 is 0 Å². The van der Waals surface area contributed by atoms with Crippen molar-refractivity contribution in [1.29, 1.82) is 0 Å². The summed E-state index contributed by atoms with van der Waals surface area (Å²) in [7, 11) is 0. The molecule has 0 bridgehead atoms. The molecule has 0 aliphatic carbocycles. The molecule has 0 nitrogen and oxygen atoms in total. The van der Waals surface area contributed by atoms with Gasteiger partial charge in [-0.25, -0.2) is 0 Å². The number of hydrogen-bond donors (Lipinski definition) is 0. The topological polar surface area (TPSA) is 0 Å². The largest absolute Gasteiger partial charge is 0.0917 e. The Balaban J connectivity index is 2.44. The summed E-state index contributed by atoms with van der Waals surface area (Å²) in [5, 5.41) is 0. The lowest BCUT2D eigenvalue weighted by Crippen LogP contribution is -1.91. The van der Waals surface area contributed by atoms with E-state index in [9.17, 15) is 0 Å². The highest BCUT2D eigenvalue weighted by molar-refractivity contribution is 5.18. The molecule has 1 atom stereocenters. The summed E-state index contributed by atoms with van der Waals surface area (Å²) in [6.45, 7) is 4.37. The molecule has 1 rings (SSSR count). The second-order valence-electron chi connectivity index (χ2n) is 3.46. The first kappa shape index (κ1) is 10.0. The summed E-state index contributed by atoms with van der Waals surface area (Å²) in [6.07, 6.45) is 6.79. The highest BCUT2D eigenvalue weighted by Crippen LogP contribution is 2.19. The van der Waals surface area contributed by atoms with Gasteiger partial charge in [0.2, 0.25) is 0 Å². The lowest BCUT2D eigenvalue weighted by atomic mass is 9.96. The van der Waals surface area contributed by atoms with Crippen molar-refractivity contribution in [3.8, 4) is 0 Å². The van der Waals surface area contributed by atoms with E-state index in [2.05, 4.69) is 56.3 Å². The molecule has 1 unspecified atom stereocenters. The van der Waals surface area contributed by atoms with E-state index in [1.807, 2.05) is 0 Å². The van der Waals surface area contributed by atoms with Gasteiger partial charge in [-0.3, -0.25) is 0 Å². The molecule has 0 radical (unpaired) electrons. The van der Waals surface area contributed by atoms with E-state index in [1.165, 1.54) is 18.4 Å². The monoisotopic (exact) mass is 174 g/mol. The Morgan fingerprint density at radius 1 is 1.23 bits per heavy atom. The molecule has 0 saturated carbocycles. The zero-order chi connectivity index (χ0) is 9.52. The summed E-state index contributed by atoms with van der Waals surface area (Å²) in [5.41, 5.74) is 1.45. The van der Waals surface area contributed by atoms with Crippen molar-refractivity contribution in [3.05, 3.63) is 48.0 Å². The van der Waals surface area contributed by atoms with Crippen LogP contribution in [0.1, 0.15) is 38.2 Å². The van der Waals surface area contributed by atoms with Crippen molar-refractivity contribution in [1.82, 2.24) is 0 Å². The first-order chi connectivity index (χ1) is 6.34. The van der Waals surface area contributed by atoms with E-state index in [4.69, 9.17) is 0 Å². The maximum Gasteiger partial charge on any atom is -0.0187 e. The van der Waals surface area contributed by atoms with Crippen LogP contribution in [-0.4, -0.2) is 0 Å². The van der Waals surface area contributed by atoms with Gasteiger partial charge in [-0.15, -0.1) is 0 Å². The number of benzene rings is 1. The Hall–Kier alpha value is -1.04. The Morgan fingerprint density at radius 3 is 2.54 bits per heavy atom. The van der Waals surface area contributed by atoms with E-state index >= 15 is 0 Å². The molecular weight excluding hydrogens is 156 g/mol. The van der Waals surface area contributed by atoms with Crippen molar-refractivity contribution in [2.24, 2.45) is 0 Å². The summed E-state index contributed by atoms with van der Waals surface area (Å²) in [5.74, 6) is 0.678. The Labute approximate surface area is 81.3 Å². The van der Waals surface area contributed by atoms with Gasteiger partial charge in [-0.2, -0.15) is 0 Å². The van der Waals surface area contributed by atoms with Gasteiger partial charge in [0.1, 0.15) is 0 Å². The van der Waals surface area contributed by atoms with Crippen LogP contribution >= 0.6 is 0 Å². The second kappa shape index (κ2) is 5.58. The van der Waals surface area contributed by atoms with Crippen molar-refractivity contribution in [2.45, 2.75) is 32.6 Å². The minimum Gasteiger partial charge on any atom is -0.0917 e. The Morgan fingerprint density at radius 2 is 1.92 bits per heavy atom. The first-order valence-corrected chi connectivity index (χ1v) is 5.00. The third-order valence-electron chi connectivity index (χ3n) is 2.37. The molecule has 0 saturated heterocycles. The van der Waals surface area contributed by atoms with Gasteiger partial charge in [0.15, 0.2) is 0 Å². The van der Waals surface area contributed by atoms with Gasteiger partial charge in [-0.05, 0) is 31.2 Å². The lowest BCUT2D eigenvalue weighted by molar-refractivity contribution is 0.690. The van der Waals surface area contributed by atoms with Crippen molar-refractivity contribution < 1.29 is 0 Å². The summed E-state index contributed by atoms with van der Waals surface area (Å²) < 4.78 is 0. The Bertz CT molecular complexity index is 246. The van der Waals surface area contributed by atoms with Crippen LogP contribution in [0.25, 0.3) is 0 Å². The molecule has 0 aromatic heterocycles. The molecule has 0 N–H and O–H groups in total. The minimum absolute atomic E-state index is 0.678. The van der Waals surface area contributed by atoms with Crippen LogP contribution in [0.2, 0.25) is 0 Å². The van der Waals surface area contributed by atoms with Crippen molar-refractivity contribution >= 4 is 0 Å². The second-order valence-corrected chi connectivity index (χ2v) is 3.46. The normalized spacial score (nSPS) is 13.4. The summed E-state index contributed by atoms with van der Waals surface area (Å²) in [4.78, 5) is 0. The van der Waals surface area contributed by atoms with E-state index in [0.29, 0.717) is 5.92 Å². The smallest absolute Gasteiger partial charge is 0.0187 e. The van der Waals surface area contributed by atoms with Crippen molar-refractivity contribution in [2.75, 3.05) is 0 Å². The van der Waals surface area contributed by atoms with Crippen LogP contribution < -0.4 is 0 Å². The van der Waals surface area contributed by atoms with Gasteiger partial charge in [0.05, 0.1) is 0 Å². The number of allylic oxidation sites excluding steroid dienone is 2. The molecular formula is C13H18. The van der Waals surface area contributed by atoms with Crippen LogP contribution in [-0.2, 0) is 0 Å². The highest BCUT2D eigenvalue weighted by atomic mass is 14.1. The van der Waals surface area contributed by atoms with Crippen LogP contribution in [0.5, 0.6) is 0 Å². The molecule has 1 aromatic rings. The molecule has 0 aliphatic heterocycles. The fraction of sp³-hybridized carbons (Fsp3) is 0.385. The molecule has 13 heavy (non-hydrogen) atoms. The minimum atomic E-state index is 0.678. The molecule has 0 spiro atoms. The van der Waals surface area contributed by atoms with Crippen molar-refractivity contribution in [3.63, 3.8) is 0 Å². The predicted octanol–water partition coefficient (Wildman–Crippen LogP) is 4.15. The standard InChI is InChI=1S/C13H18/c1-3-4-6-9-12(2)13-10-7-5-8-11-13/h3-5,7-8,10-12H,6,9H2,1-2H3. The van der Waals surface area contributed by atoms with Crippen LogP contribution in [0.15, 0.2) is 42.5 Å². The van der Waals surface area contributed by atoms with Gasteiger partial charge >= 0.3 is 0 Å².